The van der Waals surface area contributed by atoms with Crippen LogP contribution in [0.15, 0.2) is 35.8 Å². The van der Waals surface area contributed by atoms with Crippen molar-refractivity contribution in [3.8, 4) is 10.6 Å². The summed E-state index contributed by atoms with van der Waals surface area (Å²) in [4.78, 5) is 5.75. The normalized spacial score (nSPS) is 11.0. The Morgan fingerprint density at radius 1 is 1.33 bits per heavy atom. The number of rotatable bonds is 1. The van der Waals surface area contributed by atoms with Crippen LogP contribution in [0.2, 0.25) is 0 Å². The fourth-order valence-electron chi connectivity index (χ4n) is 1.62. The fourth-order valence-corrected chi connectivity index (χ4v) is 2.30. The predicted molar refractivity (Wildman–Crippen MR) is 61.0 cm³/mol. The van der Waals surface area contributed by atoms with Crippen LogP contribution in [0.1, 0.15) is 5.69 Å². The van der Waals surface area contributed by atoms with E-state index in [0.29, 0.717) is 0 Å². The van der Waals surface area contributed by atoms with Gasteiger partial charge in [0.1, 0.15) is 0 Å². The van der Waals surface area contributed by atoms with E-state index in [4.69, 9.17) is 0 Å². The first-order chi connectivity index (χ1) is 7.34. The molecule has 0 spiro atoms. The first kappa shape index (κ1) is 8.61. The van der Waals surface area contributed by atoms with Crippen LogP contribution in [0.25, 0.3) is 16.2 Å². The summed E-state index contributed by atoms with van der Waals surface area (Å²) in [5.41, 5.74) is 3.03. The van der Waals surface area contributed by atoms with Crippen LogP contribution in [0.5, 0.6) is 0 Å². The van der Waals surface area contributed by atoms with Crippen molar-refractivity contribution in [2.45, 2.75) is 6.92 Å². The summed E-state index contributed by atoms with van der Waals surface area (Å²) in [6, 6.07) is 8.10. The molecule has 0 saturated carbocycles. The van der Waals surface area contributed by atoms with E-state index >= 15 is 0 Å². The molecule has 3 aromatic heterocycles. The summed E-state index contributed by atoms with van der Waals surface area (Å²) < 4.78 is 1.84. The molecule has 0 aliphatic heterocycles. The van der Waals surface area contributed by atoms with Gasteiger partial charge in [0.05, 0.1) is 16.8 Å². The number of aromatic nitrogens is 3. The SMILES string of the molecule is Cc1cc(-c2cccs2)nc2ccnn12. The largest absolute Gasteiger partial charge is 0.228 e. The maximum Gasteiger partial charge on any atom is 0.155 e. The smallest absolute Gasteiger partial charge is 0.155 e. The molecule has 0 aromatic carbocycles. The van der Waals surface area contributed by atoms with E-state index in [9.17, 15) is 0 Å². The average molecular weight is 215 g/mol. The van der Waals surface area contributed by atoms with Gasteiger partial charge in [-0.2, -0.15) is 5.10 Å². The summed E-state index contributed by atoms with van der Waals surface area (Å²) in [6.07, 6.45) is 1.77. The molecule has 3 nitrogen and oxygen atoms in total. The standard InChI is InChI=1S/C11H9N3S/c1-8-7-9(10-3-2-6-15-10)13-11-4-5-12-14(8)11/h2-7H,1H3. The van der Waals surface area contributed by atoms with Crippen molar-refractivity contribution >= 4 is 17.0 Å². The zero-order valence-corrected chi connectivity index (χ0v) is 9.03. The third-order valence-electron chi connectivity index (χ3n) is 2.31. The quantitative estimate of drug-likeness (QED) is 0.624. The van der Waals surface area contributed by atoms with Gasteiger partial charge < -0.3 is 0 Å². The third kappa shape index (κ3) is 1.34. The molecule has 0 saturated heterocycles. The lowest BCUT2D eigenvalue weighted by Crippen LogP contribution is -1.96. The van der Waals surface area contributed by atoms with E-state index in [-0.39, 0.29) is 0 Å². The maximum absolute atomic E-state index is 4.55. The second kappa shape index (κ2) is 3.17. The Morgan fingerprint density at radius 2 is 2.27 bits per heavy atom. The minimum atomic E-state index is 0.901. The summed E-state index contributed by atoms with van der Waals surface area (Å²) in [7, 11) is 0. The number of hydrogen-bond donors (Lipinski definition) is 0. The lowest BCUT2D eigenvalue weighted by molar-refractivity contribution is 0.897. The van der Waals surface area contributed by atoms with Crippen LogP contribution < -0.4 is 0 Å². The topological polar surface area (TPSA) is 30.2 Å². The van der Waals surface area contributed by atoms with Crippen LogP contribution in [0.4, 0.5) is 0 Å². The van der Waals surface area contributed by atoms with Crippen LogP contribution in [0, 0.1) is 6.92 Å². The van der Waals surface area contributed by atoms with Crippen molar-refractivity contribution < 1.29 is 0 Å². The lowest BCUT2D eigenvalue weighted by atomic mass is 10.3. The van der Waals surface area contributed by atoms with Gasteiger partial charge >= 0.3 is 0 Å². The highest BCUT2D eigenvalue weighted by Gasteiger charge is 2.05. The molecule has 0 aliphatic carbocycles. The Morgan fingerprint density at radius 3 is 3.07 bits per heavy atom. The van der Waals surface area contributed by atoms with Gasteiger partial charge in [0.2, 0.25) is 0 Å². The van der Waals surface area contributed by atoms with Gasteiger partial charge in [-0.3, -0.25) is 0 Å². The van der Waals surface area contributed by atoms with E-state index in [1.54, 1.807) is 17.5 Å². The number of fused-ring (bicyclic) bond motifs is 1. The van der Waals surface area contributed by atoms with E-state index in [1.165, 1.54) is 4.88 Å². The Kier molecular flexibility index (Phi) is 1.82. The van der Waals surface area contributed by atoms with Crippen molar-refractivity contribution in [3.63, 3.8) is 0 Å². The van der Waals surface area contributed by atoms with Crippen LogP contribution in [0.3, 0.4) is 0 Å². The molecule has 0 N–H and O–H groups in total. The molecule has 15 heavy (non-hydrogen) atoms. The van der Waals surface area contributed by atoms with Gasteiger partial charge in [0.15, 0.2) is 5.65 Å². The van der Waals surface area contributed by atoms with E-state index in [2.05, 4.69) is 27.6 Å². The van der Waals surface area contributed by atoms with Gasteiger partial charge in [0.25, 0.3) is 0 Å². The van der Waals surface area contributed by atoms with E-state index < -0.39 is 0 Å². The molecule has 0 radical (unpaired) electrons. The second-order valence-corrected chi connectivity index (χ2v) is 4.31. The van der Waals surface area contributed by atoms with Crippen molar-refractivity contribution in [2.75, 3.05) is 0 Å². The summed E-state index contributed by atoms with van der Waals surface area (Å²) in [5, 5.41) is 6.26. The van der Waals surface area contributed by atoms with Gasteiger partial charge in [-0.15, -0.1) is 11.3 Å². The Balaban J connectivity index is 2.29. The van der Waals surface area contributed by atoms with Crippen LogP contribution in [-0.2, 0) is 0 Å². The van der Waals surface area contributed by atoms with Gasteiger partial charge in [-0.1, -0.05) is 6.07 Å². The van der Waals surface area contributed by atoms with Gasteiger partial charge in [0, 0.05) is 11.8 Å². The Labute approximate surface area is 91.0 Å². The molecule has 0 bridgehead atoms. The molecular weight excluding hydrogens is 206 g/mol. The second-order valence-electron chi connectivity index (χ2n) is 3.36. The molecular formula is C11H9N3S. The molecule has 0 atom stereocenters. The molecule has 3 heterocycles. The lowest BCUT2D eigenvalue weighted by Gasteiger charge is -2.02. The third-order valence-corrected chi connectivity index (χ3v) is 3.20. The van der Waals surface area contributed by atoms with Crippen molar-refractivity contribution in [2.24, 2.45) is 0 Å². The first-order valence-electron chi connectivity index (χ1n) is 4.70. The summed E-state index contributed by atoms with van der Waals surface area (Å²) in [5.74, 6) is 0. The zero-order chi connectivity index (χ0) is 10.3. The monoisotopic (exact) mass is 215 g/mol. The molecule has 3 aromatic rings. The highest BCUT2D eigenvalue weighted by molar-refractivity contribution is 7.13. The minimum absolute atomic E-state index is 0.901. The number of hydrogen-bond acceptors (Lipinski definition) is 3. The molecule has 3 rings (SSSR count). The first-order valence-corrected chi connectivity index (χ1v) is 5.58. The highest BCUT2D eigenvalue weighted by atomic mass is 32.1. The molecule has 74 valence electrons. The van der Waals surface area contributed by atoms with Crippen molar-refractivity contribution in [1.29, 1.82) is 0 Å². The Hall–Kier alpha value is -1.68. The van der Waals surface area contributed by atoms with Crippen molar-refractivity contribution in [3.05, 3.63) is 41.5 Å². The molecule has 0 aliphatic rings. The fraction of sp³-hybridized carbons (Fsp3) is 0.0909. The number of aryl methyl sites for hydroxylation is 1. The van der Waals surface area contributed by atoms with Gasteiger partial charge in [-0.25, -0.2) is 9.50 Å². The molecule has 0 amide bonds. The number of thiophene rings is 1. The summed E-state index contributed by atoms with van der Waals surface area (Å²) >= 11 is 1.70. The highest BCUT2D eigenvalue weighted by Crippen LogP contribution is 2.23. The van der Waals surface area contributed by atoms with Gasteiger partial charge in [-0.05, 0) is 24.4 Å². The van der Waals surface area contributed by atoms with Crippen LogP contribution >= 0.6 is 11.3 Å². The molecule has 4 heteroatoms. The summed E-state index contributed by atoms with van der Waals surface area (Å²) in [6.45, 7) is 2.04. The maximum atomic E-state index is 4.55. The number of nitrogens with zero attached hydrogens (tertiary/aromatic N) is 3. The Bertz CT molecular complexity index is 595. The predicted octanol–water partition coefficient (Wildman–Crippen LogP) is 2.77. The minimum Gasteiger partial charge on any atom is -0.228 e. The van der Waals surface area contributed by atoms with Crippen molar-refractivity contribution in [1.82, 2.24) is 14.6 Å². The van der Waals surface area contributed by atoms with E-state index in [0.717, 1.165) is 17.0 Å². The molecule has 0 unspecified atom stereocenters. The van der Waals surface area contributed by atoms with E-state index in [1.807, 2.05) is 23.6 Å². The molecule has 0 fully saturated rings. The zero-order valence-electron chi connectivity index (χ0n) is 8.21. The van der Waals surface area contributed by atoms with Crippen LogP contribution in [-0.4, -0.2) is 14.6 Å². The average Bonchev–Trinajstić information content (AvgIpc) is 2.88.